The van der Waals surface area contributed by atoms with Crippen molar-refractivity contribution in [2.45, 2.75) is 13.8 Å². The summed E-state index contributed by atoms with van der Waals surface area (Å²) in [5, 5.41) is 2.52. The first-order valence-corrected chi connectivity index (χ1v) is 8.53. The van der Waals surface area contributed by atoms with Gasteiger partial charge in [-0.3, -0.25) is 0 Å². The molecule has 0 saturated heterocycles. The first kappa shape index (κ1) is 15.4. The third kappa shape index (κ3) is 3.14. The van der Waals surface area contributed by atoms with Gasteiger partial charge in [-0.15, -0.1) is 18.5 Å². The number of benzene rings is 3. The molecule has 0 aromatic heterocycles. The zero-order chi connectivity index (χ0) is 15.7. The van der Waals surface area contributed by atoms with Gasteiger partial charge in [0.15, 0.2) is 0 Å². The lowest BCUT2D eigenvalue weighted by Crippen LogP contribution is -1.96. The van der Waals surface area contributed by atoms with Gasteiger partial charge in [0.2, 0.25) is 0 Å². The van der Waals surface area contributed by atoms with E-state index < -0.39 is 0 Å². The largest absolute Gasteiger partial charge is 0.105 e. The Balaban J connectivity index is 1.95. The standard InChI is InChI=1S/C20H20P2/c1-13-11-17(7-9-19(13)21)15-3-5-16(6-4-15)18-8-10-20(22)14(2)12-18/h3-12H,21-22H2,1-2H3. The SMILES string of the molecule is Cc1cc(-c2ccc(-c3ccc(P)c(C)c3)cc2)ccc1P. The molecule has 22 heavy (non-hydrogen) atoms. The molecule has 0 aliphatic carbocycles. The average Bonchev–Trinajstić information content (AvgIpc) is 2.53. The van der Waals surface area contributed by atoms with Crippen LogP contribution in [0, 0.1) is 13.8 Å². The van der Waals surface area contributed by atoms with Crippen molar-refractivity contribution in [2.24, 2.45) is 0 Å². The fourth-order valence-electron chi connectivity index (χ4n) is 2.57. The smallest absolute Gasteiger partial charge is 0.0181 e. The van der Waals surface area contributed by atoms with Crippen LogP contribution in [0.2, 0.25) is 0 Å². The average molecular weight is 322 g/mol. The van der Waals surface area contributed by atoms with Gasteiger partial charge in [0.05, 0.1) is 0 Å². The van der Waals surface area contributed by atoms with Gasteiger partial charge in [-0.2, -0.15) is 0 Å². The van der Waals surface area contributed by atoms with Crippen molar-refractivity contribution in [1.29, 1.82) is 0 Å². The van der Waals surface area contributed by atoms with Crippen molar-refractivity contribution in [3.05, 3.63) is 71.8 Å². The van der Waals surface area contributed by atoms with Crippen LogP contribution in [0.1, 0.15) is 11.1 Å². The molecule has 0 spiro atoms. The molecule has 2 heteroatoms. The van der Waals surface area contributed by atoms with Gasteiger partial charge < -0.3 is 0 Å². The van der Waals surface area contributed by atoms with Crippen molar-refractivity contribution < 1.29 is 0 Å². The highest BCUT2D eigenvalue weighted by molar-refractivity contribution is 7.27. The van der Waals surface area contributed by atoms with E-state index in [1.165, 1.54) is 44.0 Å². The minimum atomic E-state index is 1.26. The normalized spacial score (nSPS) is 10.7. The molecule has 0 nitrogen and oxygen atoms in total. The molecule has 0 heterocycles. The summed E-state index contributed by atoms with van der Waals surface area (Å²) < 4.78 is 0. The van der Waals surface area contributed by atoms with Crippen molar-refractivity contribution in [3.8, 4) is 22.3 Å². The fourth-order valence-corrected chi connectivity index (χ4v) is 2.92. The highest BCUT2D eigenvalue weighted by Crippen LogP contribution is 2.25. The molecule has 110 valence electrons. The Labute approximate surface area is 137 Å². The number of aryl methyl sites for hydroxylation is 2. The minimum Gasteiger partial charge on any atom is -0.105 e. The Morgan fingerprint density at radius 2 is 0.818 bits per heavy atom. The van der Waals surface area contributed by atoms with Crippen molar-refractivity contribution in [3.63, 3.8) is 0 Å². The molecule has 0 bridgehead atoms. The lowest BCUT2D eigenvalue weighted by atomic mass is 9.98. The molecular formula is C20H20P2. The Hall–Kier alpha value is -1.48. The van der Waals surface area contributed by atoms with E-state index in [2.05, 4.69) is 93.0 Å². The molecule has 0 saturated carbocycles. The maximum absolute atomic E-state index is 2.78. The van der Waals surface area contributed by atoms with Gasteiger partial charge in [0.25, 0.3) is 0 Å². The molecule has 0 aliphatic rings. The molecule has 0 aliphatic heterocycles. The Morgan fingerprint density at radius 3 is 1.14 bits per heavy atom. The summed E-state index contributed by atoms with van der Waals surface area (Å²) in [6.45, 7) is 4.29. The van der Waals surface area contributed by atoms with Crippen LogP contribution in [0.15, 0.2) is 60.7 Å². The molecule has 0 fully saturated rings. The summed E-state index contributed by atoms with van der Waals surface area (Å²) in [5.41, 5.74) is 7.67. The topological polar surface area (TPSA) is 0 Å². The summed E-state index contributed by atoms with van der Waals surface area (Å²) in [6.07, 6.45) is 0. The maximum Gasteiger partial charge on any atom is -0.0181 e. The highest BCUT2D eigenvalue weighted by atomic mass is 31.0. The quantitative estimate of drug-likeness (QED) is 0.603. The second-order valence-corrected chi connectivity index (χ2v) is 6.96. The van der Waals surface area contributed by atoms with Gasteiger partial charge in [0, 0.05) is 0 Å². The van der Waals surface area contributed by atoms with Crippen LogP contribution in [0.5, 0.6) is 0 Å². The van der Waals surface area contributed by atoms with Crippen LogP contribution in [0.3, 0.4) is 0 Å². The summed E-state index contributed by atoms with van der Waals surface area (Å²) in [5.74, 6) is 0. The van der Waals surface area contributed by atoms with Crippen molar-refractivity contribution >= 4 is 29.1 Å². The number of rotatable bonds is 2. The van der Waals surface area contributed by atoms with Crippen LogP contribution in [-0.4, -0.2) is 0 Å². The van der Waals surface area contributed by atoms with E-state index in [0.717, 1.165) is 0 Å². The molecule has 2 unspecified atom stereocenters. The molecule has 0 radical (unpaired) electrons. The molecule has 0 N–H and O–H groups in total. The van der Waals surface area contributed by atoms with E-state index in [1.54, 1.807) is 0 Å². The Bertz CT molecular complexity index is 747. The molecule has 3 rings (SSSR count). The maximum atomic E-state index is 2.78. The van der Waals surface area contributed by atoms with Crippen LogP contribution in [0.25, 0.3) is 22.3 Å². The zero-order valence-corrected chi connectivity index (χ0v) is 15.2. The van der Waals surface area contributed by atoms with Crippen LogP contribution in [-0.2, 0) is 0 Å². The minimum absolute atomic E-state index is 1.26. The second kappa shape index (κ2) is 6.33. The van der Waals surface area contributed by atoms with E-state index in [-0.39, 0.29) is 0 Å². The fraction of sp³-hybridized carbons (Fsp3) is 0.100. The van der Waals surface area contributed by atoms with Gasteiger partial charge >= 0.3 is 0 Å². The van der Waals surface area contributed by atoms with Crippen molar-refractivity contribution in [2.75, 3.05) is 0 Å². The third-order valence-corrected chi connectivity index (χ3v) is 5.39. The van der Waals surface area contributed by atoms with Crippen LogP contribution in [0.4, 0.5) is 0 Å². The predicted octanol–water partition coefficient (Wildman–Crippen LogP) is 4.64. The second-order valence-electron chi connectivity index (χ2n) is 5.72. The van der Waals surface area contributed by atoms with Gasteiger partial charge in [0.1, 0.15) is 0 Å². The number of hydrogen-bond donors (Lipinski definition) is 0. The highest BCUT2D eigenvalue weighted by Gasteiger charge is 2.03. The van der Waals surface area contributed by atoms with E-state index in [0.29, 0.717) is 0 Å². The van der Waals surface area contributed by atoms with Gasteiger partial charge in [-0.25, -0.2) is 0 Å². The Morgan fingerprint density at radius 1 is 0.500 bits per heavy atom. The molecule has 0 amide bonds. The first-order chi connectivity index (χ1) is 10.5. The molecule has 3 aromatic rings. The lowest BCUT2D eigenvalue weighted by molar-refractivity contribution is 1.49. The molecule has 3 aromatic carbocycles. The predicted molar refractivity (Wildman–Crippen MR) is 105 cm³/mol. The van der Waals surface area contributed by atoms with Gasteiger partial charge in [-0.05, 0) is 57.8 Å². The third-order valence-electron chi connectivity index (χ3n) is 4.09. The summed E-state index contributed by atoms with van der Waals surface area (Å²) in [7, 11) is 5.55. The Kier molecular flexibility index (Phi) is 4.44. The van der Waals surface area contributed by atoms with E-state index in [4.69, 9.17) is 0 Å². The van der Waals surface area contributed by atoms with E-state index in [9.17, 15) is 0 Å². The molecular weight excluding hydrogens is 302 g/mol. The summed E-state index contributed by atoms with van der Waals surface area (Å²) in [6, 6.07) is 22.0. The van der Waals surface area contributed by atoms with Crippen LogP contribution >= 0.6 is 18.5 Å². The van der Waals surface area contributed by atoms with Gasteiger partial charge in [-0.1, -0.05) is 60.7 Å². The van der Waals surface area contributed by atoms with E-state index in [1.807, 2.05) is 0 Å². The monoisotopic (exact) mass is 322 g/mol. The number of hydrogen-bond acceptors (Lipinski definition) is 0. The molecule has 2 atom stereocenters. The zero-order valence-electron chi connectivity index (χ0n) is 12.9. The van der Waals surface area contributed by atoms with E-state index >= 15 is 0 Å². The summed E-state index contributed by atoms with van der Waals surface area (Å²) in [4.78, 5) is 0. The first-order valence-electron chi connectivity index (χ1n) is 7.37. The van der Waals surface area contributed by atoms with Crippen molar-refractivity contribution in [1.82, 2.24) is 0 Å². The van der Waals surface area contributed by atoms with Crippen LogP contribution < -0.4 is 10.6 Å². The summed E-state index contributed by atoms with van der Waals surface area (Å²) >= 11 is 0. The lowest BCUT2D eigenvalue weighted by Gasteiger charge is -2.08.